The van der Waals surface area contributed by atoms with E-state index in [0.29, 0.717) is 25.4 Å². The zero-order valence-electron chi connectivity index (χ0n) is 13.0. The van der Waals surface area contributed by atoms with Crippen LogP contribution in [0.5, 0.6) is 0 Å². The van der Waals surface area contributed by atoms with Crippen molar-refractivity contribution in [2.24, 2.45) is 0 Å². The van der Waals surface area contributed by atoms with Crippen LogP contribution in [-0.2, 0) is 14.2 Å². The van der Waals surface area contributed by atoms with Crippen molar-refractivity contribution in [3.63, 3.8) is 0 Å². The molecule has 6 nitrogen and oxygen atoms in total. The zero-order chi connectivity index (χ0) is 15.5. The van der Waals surface area contributed by atoms with E-state index in [1.54, 1.807) is 18.4 Å². The predicted molar refractivity (Wildman–Crippen MR) is 75.7 cm³/mol. The van der Waals surface area contributed by atoms with Crippen LogP contribution in [0.1, 0.15) is 45.9 Å². The fraction of sp³-hybridized carbons (Fsp3) is 0.667. The lowest BCUT2D eigenvalue weighted by molar-refractivity contribution is -0.152. The number of alkyl carbamates (subject to hydrolysis) is 1. The fourth-order valence-corrected chi connectivity index (χ4v) is 2.21. The van der Waals surface area contributed by atoms with Gasteiger partial charge in [-0.3, -0.25) is 0 Å². The van der Waals surface area contributed by atoms with Crippen molar-refractivity contribution in [1.29, 1.82) is 0 Å². The molecular formula is C15H23NO5. The van der Waals surface area contributed by atoms with Crippen LogP contribution in [0.25, 0.3) is 0 Å². The minimum Gasteiger partial charge on any atom is -0.467 e. The van der Waals surface area contributed by atoms with E-state index in [-0.39, 0.29) is 6.04 Å². The van der Waals surface area contributed by atoms with E-state index in [9.17, 15) is 4.79 Å². The van der Waals surface area contributed by atoms with E-state index in [4.69, 9.17) is 18.6 Å². The molecule has 0 radical (unpaired) electrons. The first-order chi connectivity index (χ1) is 9.77. The molecule has 1 aromatic heterocycles. The molecule has 1 aromatic rings. The maximum Gasteiger partial charge on any atom is 0.408 e. The first kappa shape index (κ1) is 15.9. The van der Waals surface area contributed by atoms with Gasteiger partial charge in [0.05, 0.1) is 25.5 Å². The van der Waals surface area contributed by atoms with Gasteiger partial charge in [-0.05, 0) is 39.8 Å². The minimum atomic E-state index is -0.730. The first-order valence-electron chi connectivity index (χ1n) is 7.08. The highest BCUT2D eigenvalue weighted by Gasteiger charge is 2.36. The van der Waals surface area contributed by atoms with E-state index in [0.717, 1.165) is 0 Å². The Kier molecular flexibility index (Phi) is 4.58. The summed E-state index contributed by atoms with van der Waals surface area (Å²) in [6, 6.07) is 3.20. The molecule has 0 spiro atoms. The third-order valence-electron chi connectivity index (χ3n) is 3.05. The monoisotopic (exact) mass is 297 g/mol. The van der Waals surface area contributed by atoms with E-state index >= 15 is 0 Å². The maximum atomic E-state index is 12.0. The van der Waals surface area contributed by atoms with Crippen LogP contribution in [0.15, 0.2) is 22.8 Å². The third kappa shape index (κ3) is 4.75. The maximum absolute atomic E-state index is 12.0. The van der Waals surface area contributed by atoms with Crippen LogP contribution in [0, 0.1) is 0 Å². The van der Waals surface area contributed by atoms with E-state index in [1.807, 2.05) is 27.7 Å². The smallest absolute Gasteiger partial charge is 0.408 e. The molecule has 6 heteroatoms. The van der Waals surface area contributed by atoms with Gasteiger partial charge in [0.15, 0.2) is 5.79 Å². The Balaban J connectivity index is 2.04. The molecule has 1 N–H and O–H groups in total. The summed E-state index contributed by atoms with van der Waals surface area (Å²) in [5.41, 5.74) is -0.554. The summed E-state index contributed by atoms with van der Waals surface area (Å²) in [4.78, 5) is 12.0. The molecule has 0 aliphatic carbocycles. The van der Waals surface area contributed by atoms with Crippen LogP contribution in [-0.4, -0.2) is 30.7 Å². The van der Waals surface area contributed by atoms with Crippen molar-refractivity contribution >= 4 is 6.09 Å². The van der Waals surface area contributed by atoms with E-state index in [2.05, 4.69) is 5.32 Å². The molecule has 1 atom stereocenters. The highest BCUT2D eigenvalue weighted by atomic mass is 16.7. The highest BCUT2D eigenvalue weighted by molar-refractivity contribution is 5.68. The largest absolute Gasteiger partial charge is 0.467 e. The molecule has 0 unspecified atom stereocenters. The molecule has 1 amide bonds. The Morgan fingerprint density at radius 2 is 2.10 bits per heavy atom. The van der Waals surface area contributed by atoms with Gasteiger partial charge >= 0.3 is 6.09 Å². The number of ether oxygens (including phenoxy) is 3. The van der Waals surface area contributed by atoms with Crippen molar-refractivity contribution in [1.82, 2.24) is 5.32 Å². The van der Waals surface area contributed by atoms with Gasteiger partial charge in [0.2, 0.25) is 0 Å². The fourth-order valence-electron chi connectivity index (χ4n) is 2.21. The summed E-state index contributed by atoms with van der Waals surface area (Å²) < 4.78 is 21.9. The first-order valence-corrected chi connectivity index (χ1v) is 7.08. The molecule has 21 heavy (non-hydrogen) atoms. The number of furan rings is 1. The molecular weight excluding hydrogens is 274 g/mol. The van der Waals surface area contributed by atoms with Crippen LogP contribution in [0.3, 0.4) is 0 Å². The summed E-state index contributed by atoms with van der Waals surface area (Å²) in [6.45, 7) is 8.41. The number of amides is 1. The van der Waals surface area contributed by atoms with Crippen LogP contribution >= 0.6 is 0 Å². The average Bonchev–Trinajstić information content (AvgIpc) is 2.96. The van der Waals surface area contributed by atoms with Crippen molar-refractivity contribution in [2.45, 2.75) is 51.5 Å². The van der Waals surface area contributed by atoms with Gasteiger partial charge in [-0.2, -0.15) is 0 Å². The van der Waals surface area contributed by atoms with Crippen LogP contribution in [0.2, 0.25) is 0 Å². The quantitative estimate of drug-likeness (QED) is 0.925. The average molecular weight is 297 g/mol. The molecule has 0 aromatic carbocycles. The van der Waals surface area contributed by atoms with E-state index < -0.39 is 17.5 Å². The molecule has 118 valence electrons. The molecule has 1 aliphatic heterocycles. The Morgan fingerprint density at radius 1 is 1.43 bits per heavy atom. The number of carbonyl (C=O) groups is 1. The van der Waals surface area contributed by atoms with Gasteiger partial charge in [-0.25, -0.2) is 4.79 Å². The molecule has 2 rings (SSSR count). The Labute approximate surface area is 124 Å². The SMILES string of the molecule is CC(C)(C)OC(=O)N[C@H](CC1(C)OCCO1)c1ccco1. The standard InChI is InChI=1S/C15H23NO5/c1-14(2,3)21-13(17)16-11(12-6-5-7-18-12)10-15(4)19-8-9-20-15/h5-7,11H,8-10H2,1-4H3,(H,16,17)/t11-/m1/s1. The second-order valence-electron chi connectivity index (χ2n) is 6.25. The number of nitrogens with one attached hydrogen (secondary N) is 1. The Hall–Kier alpha value is -1.53. The predicted octanol–water partition coefficient (Wildman–Crippen LogP) is 3.00. The van der Waals surface area contributed by atoms with Crippen LogP contribution in [0.4, 0.5) is 4.79 Å². The lowest BCUT2D eigenvalue weighted by atomic mass is 10.1. The lowest BCUT2D eigenvalue weighted by Gasteiger charge is -2.28. The number of hydrogen-bond donors (Lipinski definition) is 1. The normalized spacial score (nSPS) is 19.2. The summed E-state index contributed by atoms with van der Waals surface area (Å²) in [5.74, 6) is -0.0897. The summed E-state index contributed by atoms with van der Waals surface area (Å²) in [5, 5.41) is 2.81. The Morgan fingerprint density at radius 3 is 2.62 bits per heavy atom. The molecule has 1 fully saturated rings. The summed E-state index contributed by atoms with van der Waals surface area (Å²) in [6.07, 6.45) is 1.52. The van der Waals surface area contributed by atoms with Gasteiger partial charge in [0.25, 0.3) is 0 Å². The molecule has 0 saturated carbocycles. The van der Waals surface area contributed by atoms with E-state index in [1.165, 1.54) is 0 Å². The van der Waals surface area contributed by atoms with Gasteiger partial charge in [0.1, 0.15) is 11.4 Å². The molecule has 1 saturated heterocycles. The van der Waals surface area contributed by atoms with Gasteiger partial charge in [-0.15, -0.1) is 0 Å². The number of hydrogen-bond acceptors (Lipinski definition) is 5. The molecule has 0 bridgehead atoms. The van der Waals surface area contributed by atoms with Gasteiger partial charge in [-0.1, -0.05) is 0 Å². The van der Waals surface area contributed by atoms with Gasteiger partial charge in [0, 0.05) is 6.42 Å². The van der Waals surface area contributed by atoms with Crippen LogP contribution < -0.4 is 5.32 Å². The number of carbonyl (C=O) groups excluding carboxylic acids is 1. The summed E-state index contributed by atoms with van der Waals surface area (Å²) >= 11 is 0. The van der Waals surface area contributed by atoms with Gasteiger partial charge < -0.3 is 23.9 Å². The van der Waals surface area contributed by atoms with Crippen molar-refractivity contribution in [3.8, 4) is 0 Å². The summed E-state index contributed by atoms with van der Waals surface area (Å²) in [7, 11) is 0. The topological polar surface area (TPSA) is 69.9 Å². The second-order valence-corrected chi connectivity index (χ2v) is 6.25. The third-order valence-corrected chi connectivity index (χ3v) is 3.05. The molecule has 2 heterocycles. The van der Waals surface area contributed by atoms with Crippen molar-refractivity contribution in [2.75, 3.05) is 13.2 Å². The van der Waals surface area contributed by atoms with Crippen molar-refractivity contribution in [3.05, 3.63) is 24.2 Å². The van der Waals surface area contributed by atoms with Crippen molar-refractivity contribution < 1.29 is 23.4 Å². The zero-order valence-corrected chi connectivity index (χ0v) is 13.0. The molecule has 1 aliphatic rings. The Bertz CT molecular complexity index is 457. The minimum absolute atomic E-state index is 0.377. The lowest BCUT2D eigenvalue weighted by Crippen LogP contribution is -2.39. The number of rotatable bonds is 4. The second kappa shape index (κ2) is 6.07. The highest BCUT2D eigenvalue weighted by Crippen LogP contribution is 2.31.